The average Bonchev–Trinajstić information content (AvgIpc) is 2.55. The zero-order chi connectivity index (χ0) is 18.1. The van der Waals surface area contributed by atoms with Crippen molar-refractivity contribution in [1.82, 2.24) is 5.32 Å². The van der Waals surface area contributed by atoms with Gasteiger partial charge in [0, 0.05) is 25.3 Å². The molecule has 1 aromatic carbocycles. The molecule has 0 unspecified atom stereocenters. The maximum atomic E-state index is 14.2. The predicted molar refractivity (Wildman–Crippen MR) is 85.0 cm³/mol. The number of ether oxygens (including phenoxy) is 1. The molecular weight excluding hydrogens is 332 g/mol. The number of hydrogen-bond donors (Lipinski definition) is 2. The Kier molecular flexibility index (Phi) is 4.77. The fraction of sp³-hybridized carbons (Fsp3) is 0.556. The second-order valence-electron chi connectivity index (χ2n) is 6.91. The van der Waals surface area contributed by atoms with Gasteiger partial charge in [-0.3, -0.25) is 9.59 Å². The van der Waals surface area contributed by atoms with E-state index < -0.39 is 34.3 Å². The monoisotopic (exact) mass is 353 g/mol. The standard InChI is InChI=1S/C18H21F2NO4/c19-12-3-1-4-13(20)14(12)18(5-2-6-18)15(22)21-11-17(16(23)24)7-9-25-10-8-17/h1,3-4H,2,5-11H2,(H,21,22)(H,23,24). The van der Waals surface area contributed by atoms with E-state index in [0.29, 0.717) is 45.3 Å². The molecule has 1 amide bonds. The third-order valence-electron chi connectivity index (χ3n) is 5.57. The molecule has 2 aliphatic rings. The summed E-state index contributed by atoms with van der Waals surface area (Å²) in [5, 5.41) is 12.2. The summed E-state index contributed by atoms with van der Waals surface area (Å²) >= 11 is 0. The Morgan fingerprint density at radius 3 is 2.20 bits per heavy atom. The van der Waals surface area contributed by atoms with Gasteiger partial charge in [-0.05, 0) is 37.8 Å². The fourth-order valence-electron chi connectivity index (χ4n) is 3.72. The molecule has 1 heterocycles. The summed E-state index contributed by atoms with van der Waals surface area (Å²) in [6.45, 7) is 0.562. The first-order valence-corrected chi connectivity index (χ1v) is 8.45. The summed E-state index contributed by atoms with van der Waals surface area (Å²) < 4.78 is 33.6. The number of aliphatic carboxylic acids is 1. The minimum atomic E-state index is -1.25. The van der Waals surface area contributed by atoms with E-state index in [4.69, 9.17) is 4.74 Å². The van der Waals surface area contributed by atoms with E-state index in [1.54, 1.807) is 0 Å². The zero-order valence-corrected chi connectivity index (χ0v) is 13.8. The van der Waals surface area contributed by atoms with Crippen LogP contribution >= 0.6 is 0 Å². The number of carbonyl (C=O) groups is 2. The van der Waals surface area contributed by atoms with E-state index in [2.05, 4.69) is 5.32 Å². The van der Waals surface area contributed by atoms with Crippen LogP contribution in [0.1, 0.15) is 37.7 Å². The average molecular weight is 353 g/mol. The van der Waals surface area contributed by atoms with Crippen molar-refractivity contribution in [3.05, 3.63) is 35.4 Å². The van der Waals surface area contributed by atoms with Crippen molar-refractivity contribution in [2.24, 2.45) is 5.41 Å². The molecule has 1 saturated heterocycles. The van der Waals surface area contributed by atoms with Crippen LogP contribution in [0, 0.1) is 17.0 Å². The Bertz CT molecular complexity index is 661. The van der Waals surface area contributed by atoms with E-state index in [1.807, 2.05) is 0 Å². The minimum Gasteiger partial charge on any atom is -0.481 e. The van der Waals surface area contributed by atoms with Crippen molar-refractivity contribution < 1.29 is 28.2 Å². The van der Waals surface area contributed by atoms with Gasteiger partial charge < -0.3 is 15.2 Å². The number of benzene rings is 1. The highest BCUT2D eigenvalue weighted by Crippen LogP contribution is 2.46. The van der Waals surface area contributed by atoms with Gasteiger partial charge in [0.05, 0.1) is 10.8 Å². The largest absolute Gasteiger partial charge is 0.481 e. The second-order valence-corrected chi connectivity index (χ2v) is 6.91. The van der Waals surface area contributed by atoms with Crippen molar-refractivity contribution in [3.8, 4) is 0 Å². The van der Waals surface area contributed by atoms with E-state index >= 15 is 0 Å². The third-order valence-corrected chi connectivity index (χ3v) is 5.57. The van der Waals surface area contributed by atoms with Gasteiger partial charge in [0.1, 0.15) is 11.6 Å². The summed E-state index contributed by atoms with van der Waals surface area (Å²) in [5.41, 5.74) is -2.55. The molecule has 136 valence electrons. The Morgan fingerprint density at radius 2 is 1.72 bits per heavy atom. The highest BCUT2D eigenvalue weighted by atomic mass is 19.1. The molecular formula is C18H21F2NO4. The molecule has 0 aromatic heterocycles. The lowest BCUT2D eigenvalue weighted by molar-refractivity contribution is -0.155. The minimum absolute atomic E-state index is 0.0671. The van der Waals surface area contributed by atoms with Crippen molar-refractivity contribution in [2.75, 3.05) is 19.8 Å². The summed E-state index contributed by atoms with van der Waals surface area (Å²) in [5.74, 6) is -2.98. The lowest BCUT2D eigenvalue weighted by Crippen LogP contribution is -2.54. The van der Waals surface area contributed by atoms with Crippen molar-refractivity contribution in [3.63, 3.8) is 0 Å². The highest BCUT2D eigenvalue weighted by molar-refractivity contribution is 5.90. The number of carbonyl (C=O) groups excluding carboxylic acids is 1. The SMILES string of the molecule is O=C(O)C1(CNC(=O)C2(c3c(F)cccc3F)CCC2)CCOCC1. The summed E-state index contributed by atoms with van der Waals surface area (Å²) in [7, 11) is 0. The highest BCUT2D eigenvalue weighted by Gasteiger charge is 2.50. The van der Waals surface area contributed by atoms with Gasteiger partial charge in [0.25, 0.3) is 0 Å². The number of hydrogen-bond acceptors (Lipinski definition) is 3. The molecule has 1 aliphatic heterocycles. The Morgan fingerprint density at radius 1 is 1.12 bits per heavy atom. The summed E-state index contributed by atoms with van der Waals surface area (Å²) in [4.78, 5) is 24.5. The third kappa shape index (κ3) is 3.01. The molecule has 1 saturated carbocycles. The van der Waals surface area contributed by atoms with Gasteiger partial charge in [-0.2, -0.15) is 0 Å². The molecule has 1 aromatic rings. The van der Waals surface area contributed by atoms with Crippen LogP contribution in [0.25, 0.3) is 0 Å². The molecule has 5 nitrogen and oxygen atoms in total. The second kappa shape index (κ2) is 6.71. The smallest absolute Gasteiger partial charge is 0.311 e. The number of carboxylic acids is 1. The van der Waals surface area contributed by atoms with Crippen LogP contribution in [0.2, 0.25) is 0 Å². The summed E-state index contributed by atoms with van der Waals surface area (Å²) in [6, 6.07) is 3.55. The fourth-order valence-corrected chi connectivity index (χ4v) is 3.72. The van der Waals surface area contributed by atoms with Crippen molar-refractivity contribution in [2.45, 2.75) is 37.5 Å². The van der Waals surface area contributed by atoms with Crippen LogP contribution in [-0.4, -0.2) is 36.7 Å². The Balaban J connectivity index is 1.80. The molecule has 3 rings (SSSR count). The first-order valence-electron chi connectivity index (χ1n) is 8.45. The van der Waals surface area contributed by atoms with Gasteiger partial charge in [0.2, 0.25) is 5.91 Å². The molecule has 2 N–H and O–H groups in total. The topological polar surface area (TPSA) is 75.6 Å². The van der Waals surface area contributed by atoms with E-state index in [0.717, 1.165) is 12.1 Å². The number of halogens is 2. The van der Waals surface area contributed by atoms with Gasteiger partial charge in [-0.25, -0.2) is 8.78 Å². The Hall–Kier alpha value is -2.02. The maximum absolute atomic E-state index is 14.2. The van der Waals surface area contributed by atoms with Crippen molar-refractivity contribution in [1.29, 1.82) is 0 Å². The van der Waals surface area contributed by atoms with Crippen LogP contribution in [0.3, 0.4) is 0 Å². The normalized spacial score (nSPS) is 21.2. The molecule has 0 spiro atoms. The predicted octanol–water partition coefficient (Wildman–Crippen LogP) is 2.38. The molecule has 0 radical (unpaired) electrons. The molecule has 7 heteroatoms. The number of nitrogens with one attached hydrogen (secondary N) is 1. The number of rotatable bonds is 5. The lowest BCUT2D eigenvalue weighted by Gasteiger charge is -2.42. The van der Waals surface area contributed by atoms with Crippen LogP contribution < -0.4 is 5.32 Å². The van der Waals surface area contributed by atoms with E-state index in [1.165, 1.54) is 6.07 Å². The molecule has 25 heavy (non-hydrogen) atoms. The molecule has 2 fully saturated rings. The lowest BCUT2D eigenvalue weighted by atomic mass is 9.63. The van der Waals surface area contributed by atoms with Crippen LogP contribution in [-0.2, 0) is 19.7 Å². The Labute approximate surface area is 144 Å². The van der Waals surface area contributed by atoms with Crippen LogP contribution in [0.4, 0.5) is 8.78 Å². The summed E-state index contributed by atoms with van der Waals surface area (Å²) in [6.07, 6.45) is 1.98. The first-order chi connectivity index (χ1) is 11.9. The first kappa shape index (κ1) is 17.8. The van der Waals surface area contributed by atoms with Crippen LogP contribution in [0.15, 0.2) is 18.2 Å². The van der Waals surface area contributed by atoms with Gasteiger partial charge in [-0.1, -0.05) is 12.5 Å². The quantitative estimate of drug-likeness (QED) is 0.852. The molecule has 0 atom stereocenters. The van der Waals surface area contributed by atoms with E-state index in [-0.39, 0.29) is 12.1 Å². The molecule has 1 aliphatic carbocycles. The van der Waals surface area contributed by atoms with E-state index in [9.17, 15) is 23.5 Å². The van der Waals surface area contributed by atoms with Gasteiger partial charge >= 0.3 is 5.97 Å². The van der Waals surface area contributed by atoms with Crippen molar-refractivity contribution >= 4 is 11.9 Å². The van der Waals surface area contributed by atoms with Gasteiger partial charge in [-0.15, -0.1) is 0 Å². The number of amides is 1. The van der Waals surface area contributed by atoms with Gasteiger partial charge in [0.15, 0.2) is 0 Å². The molecule has 0 bridgehead atoms. The maximum Gasteiger partial charge on any atom is 0.311 e. The zero-order valence-electron chi connectivity index (χ0n) is 13.8. The number of carboxylic acid groups (broad SMARTS) is 1. The van der Waals surface area contributed by atoms with Crippen LogP contribution in [0.5, 0.6) is 0 Å².